The van der Waals surface area contributed by atoms with E-state index in [1.54, 1.807) is 0 Å². The highest BCUT2D eigenvalue weighted by atomic mass is 16.3. The Labute approximate surface area is 74.8 Å². The average Bonchev–Trinajstić information content (AvgIpc) is 2.00. The van der Waals surface area contributed by atoms with Crippen molar-refractivity contribution in [3.05, 3.63) is 0 Å². The van der Waals surface area contributed by atoms with Gasteiger partial charge in [0.25, 0.3) is 0 Å². The second-order valence-electron chi connectivity index (χ2n) is 3.65. The van der Waals surface area contributed by atoms with Gasteiger partial charge in [-0.05, 0) is 13.5 Å². The van der Waals surface area contributed by atoms with Crippen LogP contribution in [-0.2, 0) is 0 Å². The van der Waals surface area contributed by atoms with Crippen LogP contribution in [0, 0.1) is 0 Å². The molecule has 1 rings (SSSR count). The summed E-state index contributed by atoms with van der Waals surface area (Å²) in [5.41, 5.74) is 0. The minimum absolute atomic E-state index is 0.0656. The highest BCUT2D eigenvalue weighted by Crippen LogP contribution is 2.09. The maximum absolute atomic E-state index is 9.07. The molecule has 1 aliphatic heterocycles. The van der Waals surface area contributed by atoms with Gasteiger partial charge in [0.1, 0.15) is 0 Å². The maximum atomic E-state index is 9.07. The summed E-state index contributed by atoms with van der Waals surface area (Å²) in [7, 11) is 2.01. The van der Waals surface area contributed by atoms with Crippen molar-refractivity contribution in [1.29, 1.82) is 0 Å². The molecule has 1 saturated heterocycles. The van der Waals surface area contributed by atoms with E-state index in [-0.39, 0.29) is 6.10 Å². The standard InChI is InChI=1S/C9H20N2O/c1-3-4-8(10-2)5-11-6-9(12)7-11/h8-10,12H,3-7H2,1-2H3/t8-/m1/s1. The molecule has 3 nitrogen and oxygen atoms in total. The molecule has 0 aromatic rings. The molecule has 2 N–H and O–H groups in total. The van der Waals surface area contributed by atoms with Gasteiger partial charge in [0.15, 0.2) is 0 Å². The highest BCUT2D eigenvalue weighted by Gasteiger charge is 2.25. The van der Waals surface area contributed by atoms with Gasteiger partial charge < -0.3 is 10.4 Å². The van der Waals surface area contributed by atoms with Crippen LogP contribution in [0.25, 0.3) is 0 Å². The molecule has 1 heterocycles. The van der Waals surface area contributed by atoms with E-state index in [0.717, 1.165) is 19.6 Å². The van der Waals surface area contributed by atoms with Crippen LogP contribution in [0.3, 0.4) is 0 Å². The fourth-order valence-electron chi connectivity index (χ4n) is 1.68. The Balaban J connectivity index is 2.10. The van der Waals surface area contributed by atoms with Crippen molar-refractivity contribution in [3.63, 3.8) is 0 Å². The Hall–Kier alpha value is -0.120. The molecule has 0 spiro atoms. The monoisotopic (exact) mass is 172 g/mol. The van der Waals surface area contributed by atoms with Crippen molar-refractivity contribution in [3.8, 4) is 0 Å². The SMILES string of the molecule is CCC[C@H](CN1CC(O)C1)NC. The van der Waals surface area contributed by atoms with Crippen molar-refractivity contribution in [1.82, 2.24) is 10.2 Å². The quantitative estimate of drug-likeness (QED) is 0.615. The van der Waals surface area contributed by atoms with E-state index >= 15 is 0 Å². The zero-order valence-corrected chi connectivity index (χ0v) is 8.08. The molecular formula is C9H20N2O. The Kier molecular flexibility index (Phi) is 3.98. The Morgan fingerprint density at radius 1 is 1.58 bits per heavy atom. The number of likely N-dealkylation sites (tertiary alicyclic amines) is 1. The lowest BCUT2D eigenvalue weighted by Crippen LogP contribution is -2.54. The van der Waals surface area contributed by atoms with E-state index in [0.29, 0.717) is 6.04 Å². The number of β-amino-alcohol motifs (C(OH)–C–C–N with tert-alkyl or cyclic N) is 1. The number of hydrogen-bond acceptors (Lipinski definition) is 3. The summed E-state index contributed by atoms with van der Waals surface area (Å²) in [5.74, 6) is 0. The Bertz CT molecular complexity index is 124. The molecule has 1 aliphatic rings. The number of nitrogens with one attached hydrogen (secondary N) is 1. The summed E-state index contributed by atoms with van der Waals surface area (Å²) in [4.78, 5) is 2.29. The topological polar surface area (TPSA) is 35.5 Å². The number of rotatable bonds is 5. The number of nitrogens with zero attached hydrogens (tertiary/aromatic N) is 1. The number of aliphatic hydroxyl groups excluding tert-OH is 1. The summed E-state index contributed by atoms with van der Waals surface area (Å²) in [6, 6.07) is 0.600. The molecule has 0 unspecified atom stereocenters. The van der Waals surface area contributed by atoms with Crippen molar-refractivity contribution in [2.75, 3.05) is 26.7 Å². The van der Waals surface area contributed by atoms with E-state index < -0.39 is 0 Å². The zero-order valence-electron chi connectivity index (χ0n) is 8.08. The van der Waals surface area contributed by atoms with Crippen LogP contribution in [0.15, 0.2) is 0 Å². The fourth-order valence-corrected chi connectivity index (χ4v) is 1.68. The summed E-state index contributed by atoms with van der Waals surface area (Å²) < 4.78 is 0. The number of hydrogen-bond donors (Lipinski definition) is 2. The van der Waals surface area contributed by atoms with Crippen LogP contribution < -0.4 is 5.32 Å². The summed E-state index contributed by atoms with van der Waals surface area (Å²) in [6.45, 7) is 5.01. The van der Waals surface area contributed by atoms with Crippen LogP contribution in [0.5, 0.6) is 0 Å². The van der Waals surface area contributed by atoms with Gasteiger partial charge in [-0.2, -0.15) is 0 Å². The van der Waals surface area contributed by atoms with Crippen LogP contribution in [0.2, 0.25) is 0 Å². The lowest BCUT2D eigenvalue weighted by molar-refractivity contribution is -0.00294. The molecule has 0 aromatic carbocycles. The molecule has 3 heteroatoms. The van der Waals surface area contributed by atoms with Gasteiger partial charge in [0.05, 0.1) is 6.10 Å². The third kappa shape index (κ3) is 2.73. The minimum Gasteiger partial charge on any atom is -0.390 e. The van der Waals surface area contributed by atoms with Crippen LogP contribution in [0.4, 0.5) is 0 Å². The summed E-state index contributed by atoms with van der Waals surface area (Å²) >= 11 is 0. The number of aliphatic hydroxyl groups is 1. The van der Waals surface area contributed by atoms with Gasteiger partial charge >= 0.3 is 0 Å². The molecule has 0 amide bonds. The third-order valence-corrected chi connectivity index (χ3v) is 2.46. The highest BCUT2D eigenvalue weighted by molar-refractivity contribution is 4.82. The summed E-state index contributed by atoms with van der Waals surface area (Å²) in [6.07, 6.45) is 2.38. The molecule has 0 radical (unpaired) electrons. The first-order valence-electron chi connectivity index (χ1n) is 4.84. The maximum Gasteiger partial charge on any atom is 0.0793 e. The van der Waals surface area contributed by atoms with Crippen LogP contribution in [-0.4, -0.2) is 48.8 Å². The van der Waals surface area contributed by atoms with Gasteiger partial charge in [-0.3, -0.25) is 4.90 Å². The van der Waals surface area contributed by atoms with Gasteiger partial charge in [0.2, 0.25) is 0 Å². The largest absolute Gasteiger partial charge is 0.390 e. The average molecular weight is 172 g/mol. The van der Waals surface area contributed by atoms with E-state index in [2.05, 4.69) is 17.1 Å². The van der Waals surface area contributed by atoms with Crippen molar-refractivity contribution in [2.45, 2.75) is 31.9 Å². The van der Waals surface area contributed by atoms with Crippen molar-refractivity contribution >= 4 is 0 Å². The second kappa shape index (κ2) is 4.80. The second-order valence-corrected chi connectivity index (χ2v) is 3.65. The van der Waals surface area contributed by atoms with Gasteiger partial charge in [-0.25, -0.2) is 0 Å². The molecular weight excluding hydrogens is 152 g/mol. The van der Waals surface area contributed by atoms with Crippen LogP contribution in [0.1, 0.15) is 19.8 Å². The first-order chi connectivity index (χ1) is 5.76. The lowest BCUT2D eigenvalue weighted by Gasteiger charge is -2.38. The minimum atomic E-state index is -0.0656. The van der Waals surface area contributed by atoms with E-state index in [1.807, 2.05) is 7.05 Å². The molecule has 0 saturated carbocycles. The first kappa shape index (κ1) is 9.96. The molecule has 0 bridgehead atoms. The first-order valence-corrected chi connectivity index (χ1v) is 4.84. The normalized spacial score (nSPS) is 22.2. The molecule has 0 aromatic heterocycles. The van der Waals surface area contributed by atoms with Gasteiger partial charge in [-0.15, -0.1) is 0 Å². The zero-order chi connectivity index (χ0) is 8.97. The summed E-state index contributed by atoms with van der Waals surface area (Å²) in [5, 5.41) is 12.4. The fraction of sp³-hybridized carbons (Fsp3) is 1.00. The predicted octanol–water partition coefficient (Wildman–Crippen LogP) is 0.0510. The molecule has 1 atom stereocenters. The van der Waals surface area contributed by atoms with Gasteiger partial charge in [0, 0.05) is 25.7 Å². The molecule has 0 aliphatic carbocycles. The molecule has 72 valence electrons. The molecule has 12 heavy (non-hydrogen) atoms. The predicted molar refractivity (Wildman–Crippen MR) is 50.2 cm³/mol. The van der Waals surface area contributed by atoms with Gasteiger partial charge in [-0.1, -0.05) is 13.3 Å². The Morgan fingerprint density at radius 2 is 2.25 bits per heavy atom. The van der Waals surface area contributed by atoms with E-state index in [4.69, 9.17) is 5.11 Å². The molecule has 1 fully saturated rings. The van der Waals surface area contributed by atoms with E-state index in [1.165, 1.54) is 12.8 Å². The third-order valence-electron chi connectivity index (χ3n) is 2.46. The lowest BCUT2D eigenvalue weighted by atomic mass is 10.1. The smallest absolute Gasteiger partial charge is 0.0793 e. The van der Waals surface area contributed by atoms with Crippen LogP contribution >= 0.6 is 0 Å². The Morgan fingerprint density at radius 3 is 2.67 bits per heavy atom. The number of likely N-dealkylation sites (N-methyl/N-ethyl adjacent to an activating group) is 1. The van der Waals surface area contributed by atoms with Crippen molar-refractivity contribution < 1.29 is 5.11 Å². The van der Waals surface area contributed by atoms with Crippen molar-refractivity contribution in [2.24, 2.45) is 0 Å². The van der Waals surface area contributed by atoms with E-state index in [9.17, 15) is 0 Å².